The van der Waals surface area contributed by atoms with Crippen molar-refractivity contribution in [2.24, 2.45) is 0 Å². The van der Waals surface area contributed by atoms with E-state index in [1.54, 1.807) is 17.5 Å². The van der Waals surface area contributed by atoms with E-state index in [-0.39, 0.29) is 22.8 Å². The second-order valence-corrected chi connectivity index (χ2v) is 10.7. The van der Waals surface area contributed by atoms with E-state index in [0.717, 1.165) is 42.5 Å². The maximum absolute atomic E-state index is 11.6. The Morgan fingerprint density at radius 2 is 2.00 bits per heavy atom. The smallest absolute Gasteiger partial charge is 0.323 e. The van der Waals surface area contributed by atoms with E-state index < -0.39 is 9.84 Å². The molecule has 1 aliphatic rings. The van der Waals surface area contributed by atoms with Crippen molar-refractivity contribution in [3.63, 3.8) is 0 Å². The van der Waals surface area contributed by atoms with Gasteiger partial charge in [0.15, 0.2) is 9.84 Å². The van der Waals surface area contributed by atoms with Crippen LogP contribution in [0.5, 0.6) is 11.9 Å². The van der Waals surface area contributed by atoms with Crippen molar-refractivity contribution in [3.8, 4) is 11.9 Å². The minimum Gasteiger partial charge on any atom is -0.405 e. The number of hydrogen-bond donors (Lipinski definition) is 0. The van der Waals surface area contributed by atoms with E-state index in [2.05, 4.69) is 50.0 Å². The van der Waals surface area contributed by atoms with Crippen LogP contribution in [0.1, 0.15) is 29.8 Å². The predicted octanol–water partition coefficient (Wildman–Crippen LogP) is 3.80. The Bertz CT molecular complexity index is 1390. The lowest BCUT2D eigenvalue weighted by Gasteiger charge is -2.33. The van der Waals surface area contributed by atoms with Crippen LogP contribution in [0.3, 0.4) is 0 Å². The largest absolute Gasteiger partial charge is 0.405 e. The molecule has 32 heavy (non-hydrogen) atoms. The fourth-order valence-electron chi connectivity index (χ4n) is 3.78. The van der Waals surface area contributed by atoms with E-state index in [1.807, 2.05) is 5.51 Å². The number of benzene rings is 1. The summed E-state index contributed by atoms with van der Waals surface area (Å²) in [7, 11) is -3.30. The van der Waals surface area contributed by atoms with Crippen molar-refractivity contribution < 1.29 is 13.2 Å². The van der Waals surface area contributed by atoms with Crippen LogP contribution in [0.25, 0.3) is 10.2 Å². The molecular formula is C22H21N5O3S2. The van der Waals surface area contributed by atoms with Crippen molar-refractivity contribution in [2.45, 2.75) is 30.8 Å². The van der Waals surface area contributed by atoms with E-state index >= 15 is 0 Å². The van der Waals surface area contributed by atoms with Crippen LogP contribution in [-0.2, 0) is 22.8 Å². The summed E-state index contributed by atoms with van der Waals surface area (Å²) in [5, 5.41) is 0. The summed E-state index contributed by atoms with van der Waals surface area (Å²) in [4.78, 5) is 19.9. The predicted molar refractivity (Wildman–Crippen MR) is 122 cm³/mol. The molecule has 0 radical (unpaired) electrons. The van der Waals surface area contributed by atoms with Gasteiger partial charge in [-0.2, -0.15) is 4.98 Å². The summed E-state index contributed by atoms with van der Waals surface area (Å²) >= 11 is 1.65. The van der Waals surface area contributed by atoms with Crippen LogP contribution < -0.4 is 4.74 Å². The van der Waals surface area contributed by atoms with Gasteiger partial charge in [0.05, 0.1) is 26.3 Å². The number of nitrogens with zero attached hydrogens (tertiary/aromatic N) is 5. The highest BCUT2D eigenvalue weighted by Crippen LogP contribution is 2.30. The molecule has 1 atom stereocenters. The summed E-state index contributed by atoms with van der Waals surface area (Å²) in [6.45, 7) is 3.84. The topological polar surface area (TPSA) is 98.2 Å². The zero-order chi connectivity index (χ0) is 22.3. The molecule has 3 aromatic heterocycles. The van der Waals surface area contributed by atoms with Gasteiger partial charge in [0.25, 0.3) is 0 Å². The first-order valence-corrected chi connectivity index (χ1v) is 12.9. The van der Waals surface area contributed by atoms with E-state index in [0.29, 0.717) is 0 Å². The number of hydrogen-bond acceptors (Lipinski definition) is 9. The van der Waals surface area contributed by atoms with Gasteiger partial charge < -0.3 is 4.74 Å². The maximum atomic E-state index is 11.6. The van der Waals surface area contributed by atoms with Gasteiger partial charge in [0.2, 0.25) is 5.88 Å². The molecule has 0 saturated heterocycles. The molecule has 1 unspecified atom stereocenters. The Hall–Kier alpha value is -2.95. The number of fused-ring (bicyclic) bond motifs is 2. The molecule has 164 valence electrons. The molecule has 0 aliphatic carbocycles. The number of pyridine rings is 1. The van der Waals surface area contributed by atoms with Gasteiger partial charge in [0, 0.05) is 55.8 Å². The lowest BCUT2D eigenvalue weighted by Crippen LogP contribution is -2.33. The van der Waals surface area contributed by atoms with Crippen LogP contribution in [0.15, 0.2) is 53.1 Å². The quantitative estimate of drug-likeness (QED) is 0.437. The Morgan fingerprint density at radius 1 is 1.12 bits per heavy atom. The summed E-state index contributed by atoms with van der Waals surface area (Å²) in [6, 6.07) is 9.90. The van der Waals surface area contributed by atoms with Crippen molar-refractivity contribution >= 4 is 31.4 Å². The highest BCUT2D eigenvalue weighted by atomic mass is 32.2. The standard InChI is InChI=1S/C22H21N5O3S2/c1-14(15-3-5-20-19(9-15)25-13-31-20)27-8-7-18-16(12-27)10-24-22(26-18)30-21-6-4-17(11-23-21)32(2,28)29/h3-6,9-11,13-14H,7-8,12H2,1-2H3. The molecule has 0 spiro atoms. The Balaban J connectivity index is 1.29. The summed E-state index contributed by atoms with van der Waals surface area (Å²) in [5.41, 5.74) is 6.20. The third kappa shape index (κ3) is 4.21. The fraction of sp³-hybridized carbons (Fsp3) is 0.273. The molecule has 0 fully saturated rings. The fourth-order valence-corrected chi connectivity index (χ4v) is 5.00. The van der Waals surface area contributed by atoms with Crippen molar-refractivity contribution in [1.82, 2.24) is 24.8 Å². The lowest BCUT2D eigenvalue weighted by molar-refractivity contribution is 0.189. The van der Waals surface area contributed by atoms with Crippen LogP contribution in [0, 0.1) is 0 Å². The maximum Gasteiger partial charge on any atom is 0.323 e. The lowest BCUT2D eigenvalue weighted by atomic mass is 10.0. The highest BCUT2D eigenvalue weighted by Gasteiger charge is 2.24. The minimum absolute atomic E-state index is 0.138. The third-order valence-corrected chi connectivity index (χ3v) is 7.57. The number of rotatable bonds is 5. The van der Waals surface area contributed by atoms with Gasteiger partial charge in [0.1, 0.15) is 0 Å². The number of thiazole rings is 1. The molecule has 8 nitrogen and oxygen atoms in total. The van der Waals surface area contributed by atoms with Gasteiger partial charge in [-0.05, 0) is 30.7 Å². The normalized spacial score (nSPS) is 15.4. The highest BCUT2D eigenvalue weighted by molar-refractivity contribution is 7.90. The van der Waals surface area contributed by atoms with Crippen molar-refractivity contribution in [1.29, 1.82) is 0 Å². The molecule has 4 aromatic rings. The molecular weight excluding hydrogens is 446 g/mol. The molecule has 0 amide bonds. The number of aromatic nitrogens is 4. The van der Waals surface area contributed by atoms with Crippen LogP contribution in [0.2, 0.25) is 0 Å². The van der Waals surface area contributed by atoms with Crippen molar-refractivity contribution in [2.75, 3.05) is 12.8 Å². The molecule has 0 bridgehead atoms. The molecule has 1 aromatic carbocycles. The Kier molecular flexibility index (Phi) is 5.36. The molecule has 0 N–H and O–H groups in total. The average molecular weight is 468 g/mol. The first-order chi connectivity index (χ1) is 15.4. The third-order valence-electron chi connectivity index (χ3n) is 5.66. The second kappa shape index (κ2) is 8.19. The van der Waals surface area contributed by atoms with Crippen molar-refractivity contribution in [3.05, 3.63) is 65.1 Å². The summed E-state index contributed by atoms with van der Waals surface area (Å²) in [5.74, 6) is 0.251. The number of sulfone groups is 1. The Labute approximate surface area is 189 Å². The SMILES string of the molecule is CC(c1ccc2scnc2c1)N1CCc2nc(Oc3ccc(S(C)(=O)=O)cn3)ncc2C1. The first-order valence-electron chi connectivity index (χ1n) is 10.1. The van der Waals surface area contributed by atoms with E-state index in [4.69, 9.17) is 4.74 Å². The zero-order valence-electron chi connectivity index (χ0n) is 17.6. The molecule has 5 rings (SSSR count). The molecule has 0 saturated carbocycles. The van der Waals surface area contributed by atoms with Gasteiger partial charge in [-0.25, -0.2) is 23.4 Å². The minimum atomic E-state index is -3.30. The van der Waals surface area contributed by atoms with Gasteiger partial charge in [-0.15, -0.1) is 11.3 Å². The van der Waals surface area contributed by atoms with Gasteiger partial charge in [-0.3, -0.25) is 4.90 Å². The Morgan fingerprint density at radius 3 is 2.78 bits per heavy atom. The van der Waals surface area contributed by atoms with Crippen LogP contribution in [-0.4, -0.2) is 46.1 Å². The summed E-state index contributed by atoms with van der Waals surface area (Å²) < 4.78 is 30.0. The van der Waals surface area contributed by atoms with E-state index in [9.17, 15) is 8.42 Å². The zero-order valence-corrected chi connectivity index (χ0v) is 19.2. The van der Waals surface area contributed by atoms with Crippen LogP contribution >= 0.6 is 11.3 Å². The summed E-state index contributed by atoms with van der Waals surface area (Å²) in [6.07, 6.45) is 4.99. The van der Waals surface area contributed by atoms with Gasteiger partial charge in [-0.1, -0.05) is 6.07 Å². The number of ether oxygens (including phenoxy) is 1. The molecule has 4 heterocycles. The second-order valence-electron chi connectivity index (χ2n) is 7.81. The van der Waals surface area contributed by atoms with Gasteiger partial charge >= 0.3 is 6.01 Å². The monoisotopic (exact) mass is 467 g/mol. The average Bonchev–Trinajstić information content (AvgIpc) is 3.26. The van der Waals surface area contributed by atoms with E-state index in [1.165, 1.54) is 28.6 Å². The first kappa shape index (κ1) is 20.9. The molecule has 1 aliphatic heterocycles. The molecule has 10 heteroatoms. The van der Waals surface area contributed by atoms with Crippen LogP contribution in [0.4, 0.5) is 0 Å².